The Morgan fingerprint density at radius 2 is 1.68 bits per heavy atom. The van der Waals surface area contributed by atoms with Crippen LogP contribution in [-0.2, 0) is 0 Å². The molecule has 0 aliphatic carbocycles. The molecule has 0 N–H and O–H groups in total. The molecule has 92 valence electrons. The van der Waals surface area contributed by atoms with Gasteiger partial charge in [-0.15, -0.1) is 0 Å². The van der Waals surface area contributed by atoms with Gasteiger partial charge in [0.15, 0.2) is 0 Å². The summed E-state index contributed by atoms with van der Waals surface area (Å²) in [5.74, 6) is 0. The molecule has 0 spiro atoms. The van der Waals surface area contributed by atoms with Crippen molar-refractivity contribution in [3.63, 3.8) is 0 Å². The Bertz CT molecular complexity index is 678. The predicted octanol–water partition coefficient (Wildman–Crippen LogP) is 3.96. The van der Waals surface area contributed by atoms with Gasteiger partial charge in [-0.3, -0.25) is 0 Å². The van der Waals surface area contributed by atoms with Crippen molar-refractivity contribution in [2.45, 2.75) is 0 Å². The summed E-state index contributed by atoms with van der Waals surface area (Å²) in [4.78, 5) is 1.92. The van der Waals surface area contributed by atoms with Crippen molar-refractivity contribution >= 4 is 27.3 Å². The first-order valence-electron chi connectivity index (χ1n) is 5.59. The van der Waals surface area contributed by atoms with Gasteiger partial charge in [0, 0.05) is 17.2 Å². The van der Waals surface area contributed by atoms with E-state index >= 15 is 0 Å². The highest BCUT2D eigenvalue weighted by Crippen LogP contribution is 2.29. The number of anilines is 2. The second-order valence-electron chi connectivity index (χ2n) is 3.99. The van der Waals surface area contributed by atoms with E-state index in [9.17, 15) is 0 Å². The Kier molecular flexibility index (Phi) is 3.85. The largest absolute Gasteiger partial charge is 0.344 e. The van der Waals surface area contributed by atoms with Gasteiger partial charge in [0.1, 0.15) is 6.07 Å². The average Bonchev–Trinajstić information content (AvgIpc) is 2.46. The normalized spacial score (nSPS) is 9.47. The Labute approximate surface area is 120 Å². The summed E-state index contributed by atoms with van der Waals surface area (Å²) in [6.07, 6.45) is 0. The highest BCUT2D eigenvalue weighted by Gasteiger charge is 2.09. The molecule has 0 amide bonds. The van der Waals surface area contributed by atoms with Crippen molar-refractivity contribution in [1.29, 1.82) is 10.5 Å². The highest BCUT2D eigenvalue weighted by atomic mass is 79.9. The average molecular weight is 312 g/mol. The lowest BCUT2D eigenvalue weighted by Crippen LogP contribution is -2.11. The van der Waals surface area contributed by atoms with E-state index in [-0.39, 0.29) is 0 Å². The second-order valence-corrected chi connectivity index (χ2v) is 4.91. The van der Waals surface area contributed by atoms with Crippen LogP contribution in [0, 0.1) is 22.7 Å². The summed E-state index contributed by atoms with van der Waals surface area (Å²) in [5.41, 5.74) is 2.97. The summed E-state index contributed by atoms with van der Waals surface area (Å²) >= 11 is 3.41. The van der Waals surface area contributed by atoms with Gasteiger partial charge in [-0.1, -0.05) is 15.9 Å². The summed E-state index contributed by atoms with van der Waals surface area (Å²) in [6, 6.07) is 17.0. The van der Waals surface area contributed by atoms with E-state index in [0.29, 0.717) is 11.1 Å². The minimum absolute atomic E-state index is 0.607. The number of hydrogen-bond donors (Lipinski definition) is 0. The summed E-state index contributed by atoms with van der Waals surface area (Å²) in [6.45, 7) is 0. The van der Waals surface area contributed by atoms with Crippen molar-refractivity contribution in [3.8, 4) is 12.1 Å². The fourth-order valence-corrected chi connectivity index (χ4v) is 2.12. The van der Waals surface area contributed by atoms with Crippen LogP contribution in [0.1, 0.15) is 11.1 Å². The maximum absolute atomic E-state index is 9.15. The number of hydrogen-bond acceptors (Lipinski definition) is 3. The molecule has 0 fully saturated rings. The molecule has 0 aromatic heterocycles. The van der Waals surface area contributed by atoms with Crippen LogP contribution in [0.3, 0.4) is 0 Å². The third kappa shape index (κ3) is 2.76. The van der Waals surface area contributed by atoms with Gasteiger partial charge in [-0.05, 0) is 42.5 Å². The van der Waals surface area contributed by atoms with Gasteiger partial charge in [0.2, 0.25) is 0 Å². The van der Waals surface area contributed by atoms with Crippen LogP contribution < -0.4 is 4.90 Å². The van der Waals surface area contributed by atoms with E-state index in [4.69, 9.17) is 10.5 Å². The maximum Gasteiger partial charge on any atom is 0.101 e. The van der Waals surface area contributed by atoms with Crippen LogP contribution in [0.4, 0.5) is 11.4 Å². The monoisotopic (exact) mass is 311 g/mol. The fourth-order valence-electron chi connectivity index (χ4n) is 1.78. The van der Waals surface area contributed by atoms with Crippen LogP contribution in [0.2, 0.25) is 0 Å². The smallest absolute Gasteiger partial charge is 0.101 e. The van der Waals surface area contributed by atoms with Gasteiger partial charge in [-0.2, -0.15) is 10.5 Å². The van der Waals surface area contributed by atoms with Crippen LogP contribution in [0.25, 0.3) is 0 Å². The molecule has 0 unspecified atom stereocenters. The lowest BCUT2D eigenvalue weighted by atomic mass is 10.1. The fraction of sp³-hybridized carbons (Fsp3) is 0.0667. The maximum atomic E-state index is 9.15. The molecule has 0 saturated carbocycles. The first-order chi connectivity index (χ1) is 9.15. The lowest BCUT2D eigenvalue weighted by Gasteiger charge is -2.21. The summed E-state index contributed by atoms with van der Waals surface area (Å²) < 4.78 is 0.919. The van der Waals surface area contributed by atoms with Crippen molar-refractivity contribution in [2.24, 2.45) is 0 Å². The molecule has 0 aliphatic rings. The summed E-state index contributed by atoms with van der Waals surface area (Å²) in [7, 11) is 1.89. The molecule has 0 radical (unpaired) electrons. The molecule has 4 heteroatoms. The van der Waals surface area contributed by atoms with E-state index < -0.39 is 0 Å². The van der Waals surface area contributed by atoms with Crippen molar-refractivity contribution in [2.75, 3.05) is 11.9 Å². The first kappa shape index (κ1) is 13.1. The number of rotatable bonds is 2. The van der Waals surface area contributed by atoms with E-state index in [1.165, 1.54) is 0 Å². The van der Waals surface area contributed by atoms with Crippen LogP contribution in [-0.4, -0.2) is 7.05 Å². The quantitative estimate of drug-likeness (QED) is 0.843. The van der Waals surface area contributed by atoms with Gasteiger partial charge in [-0.25, -0.2) is 0 Å². The molecule has 0 aliphatic heterocycles. The Balaban J connectivity index is 2.44. The molecular formula is C15H10BrN3. The van der Waals surface area contributed by atoms with Gasteiger partial charge in [0.05, 0.1) is 22.9 Å². The Hall–Kier alpha value is -2.30. The van der Waals surface area contributed by atoms with Crippen LogP contribution in [0.5, 0.6) is 0 Å². The summed E-state index contributed by atoms with van der Waals surface area (Å²) in [5, 5.41) is 17.9. The number of benzene rings is 2. The number of nitriles is 2. The van der Waals surface area contributed by atoms with E-state index in [2.05, 4.69) is 28.1 Å². The second kappa shape index (κ2) is 5.56. The molecular weight excluding hydrogens is 302 g/mol. The topological polar surface area (TPSA) is 50.8 Å². The lowest BCUT2D eigenvalue weighted by molar-refractivity contribution is 1.19. The van der Waals surface area contributed by atoms with Crippen molar-refractivity contribution < 1.29 is 0 Å². The third-order valence-corrected chi connectivity index (χ3v) is 3.32. The molecule has 0 bridgehead atoms. The van der Waals surface area contributed by atoms with Gasteiger partial charge >= 0.3 is 0 Å². The molecule has 2 aromatic rings. The zero-order chi connectivity index (χ0) is 13.8. The Morgan fingerprint density at radius 3 is 2.26 bits per heavy atom. The molecule has 0 heterocycles. The third-order valence-electron chi connectivity index (χ3n) is 2.83. The van der Waals surface area contributed by atoms with Crippen molar-refractivity contribution in [1.82, 2.24) is 0 Å². The van der Waals surface area contributed by atoms with E-state index in [1.54, 1.807) is 18.2 Å². The minimum atomic E-state index is 0.607. The van der Waals surface area contributed by atoms with Crippen LogP contribution >= 0.6 is 15.9 Å². The zero-order valence-corrected chi connectivity index (χ0v) is 11.8. The number of halogens is 1. The minimum Gasteiger partial charge on any atom is -0.344 e. The molecule has 2 aromatic carbocycles. The number of nitrogens with zero attached hydrogens (tertiary/aromatic N) is 3. The predicted molar refractivity (Wildman–Crippen MR) is 78.1 cm³/mol. The first-order valence-corrected chi connectivity index (χ1v) is 6.38. The van der Waals surface area contributed by atoms with Gasteiger partial charge < -0.3 is 4.90 Å². The standard InChI is InChI=1S/C15H10BrN3/c1-19(14-6-2-11(9-17)3-7-14)15-8-13(16)5-4-12(15)10-18/h2-8H,1H3. The highest BCUT2D eigenvalue weighted by molar-refractivity contribution is 9.10. The van der Waals surface area contributed by atoms with Crippen LogP contribution in [0.15, 0.2) is 46.9 Å². The molecule has 2 rings (SSSR count). The molecule has 0 saturated heterocycles. The zero-order valence-electron chi connectivity index (χ0n) is 10.3. The SMILES string of the molecule is CN(c1ccc(C#N)cc1)c1cc(Br)ccc1C#N. The van der Waals surface area contributed by atoms with E-state index in [0.717, 1.165) is 15.8 Å². The molecule has 3 nitrogen and oxygen atoms in total. The molecule has 0 atom stereocenters. The van der Waals surface area contributed by atoms with Crippen molar-refractivity contribution in [3.05, 3.63) is 58.1 Å². The Morgan fingerprint density at radius 1 is 1.00 bits per heavy atom. The van der Waals surface area contributed by atoms with Gasteiger partial charge in [0.25, 0.3) is 0 Å². The van der Waals surface area contributed by atoms with E-state index in [1.807, 2.05) is 36.2 Å². The molecule has 19 heavy (non-hydrogen) atoms.